The van der Waals surface area contributed by atoms with Gasteiger partial charge in [0.15, 0.2) is 23.0 Å². The number of methoxy groups -OCH3 is 1. The predicted molar refractivity (Wildman–Crippen MR) is 140 cm³/mol. The number of ether oxygens (including phenoxy) is 4. The fraction of sp³-hybridized carbons (Fsp3) is 0.111. The van der Waals surface area contributed by atoms with E-state index in [0.717, 1.165) is 4.90 Å². The molecule has 1 fully saturated rings. The van der Waals surface area contributed by atoms with Crippen LogP contribution in [0.2, 0.25) is 0 Å². The summed E-state index contributed by atoms with van der Waals surface area (Å²) in [6.45, 7) is 0.0811. The number of amides is 4. The number of hydrogen-bond acceptors (Lipinski definition) is 8. The monoisotopic (exact) mass is 594 g/mol. The third-order valence-corrected chi connectivity index (χ3v) is 6.42. The molecule has 0 aromatic heterocycles. The van der Waals surface area contributed by atoms with Crippen LogP contribution in [0.5, 0.6) is 23.0 Å². The van der Waals surface area contributed by atoms with Crippen molar-refractivity contribution in [1.29, 1.82) is 0 Å². The number of urea groups is 1. The summed E-state index contributed by atoms with van der Waals surface area (Å²) in [7, 11) is 1.43. The van der Waals surface area contributed by atoms with Crippen molar-refractivity contribution >= 4 is 51.5 Å². The second-order valence-corrected chi connectivity index (χ2v) is 9.18. The van der Waals surface area contributed by atoms with Gasteiger partial charge in [-0.3, -0.25) is 14.9 Å². The van der Waals surface area contributed by atoms with E-state index in [1.165, 1.54) is 37.5 Å². The lowest BCUT2D eigenvalue weighted by atomic mass is 10.1. The SMILES string of the molecule is COc1cc(/C=C2\C(=O)NC(=O)N(c3ccc4c(c3)OCO4)C2=O)cc(Br)c1OCc1cccc(C(=O)O)c1. The number of carboxylic acid groups (broad SMARTS) is 1. The van der Waals surface area contributed by atoms with Crippen LogP contribution in [-0.4, -0.2) is 42.8 Å². The lowest BCUT2D eigenvalue weighted by molar-refractivity contribution is -0.122. The third kappa shape index (κ3) is 5.14. The van der Waals surface area contributed by atoms with Crippen molar-refractivity contribution in [2.45, 2.75) is 6.61 Å². The number of imide groups is 2. The molecule has 2 heterocycles. The maximum atomic E-state index is 13.3. The number of carboxylic acids is 1. The summed E-state index contributed by atoms with van der Waals surface area (Å²) in [5.74, 6) is -1.26. The second kappa shape index (κ2) is 10.5. The number of barbiturate groups is 1. The first-order chi connectivity index (χ1) is 18.7. The van der Waals surface area contributed by atoms with Gasteiger partial charge in [-0.1, -0.05) is 12.1 Å². The van der Waals surface area contributed by atoms with Gasteiger partial charge in [0, 0.05) is 6.07 Å². The number of carbonyl (C=O) groups excluding carboxylic acids is 3. The normalized spacial score (nSPS) is 15.4. The number of halogens is 1. The van der Waals surface area contributed by atoms with Crippen molar-refractivity contribution in [2.24, 2.45) is 0 Å². The van der Waals surface area contributed by atoms with Gasteiger partial charge in [-0.25, -0.2) is 14.5 Å². The van der Waals surface area contributed by atoms with Crippen LogP contribution in [0, 0.1) is 0 Å². The molecule has 2 N–H and O–H groups in total. The Morgan fingerprint density at radius 3 is 2.67 bits per heavy atom. The number of aromatic carboxylic acids is 1. The number of hydrogen-bond donors (Lipinski definition) is 2. The van der Waals surface area contributed by atoms with E-state index in [2.05, 4.69) is 21.2 Å². The van der Waals surface area contributed by atoms with Crippen LogP contribution in [0.25, 0.3) is 6.08 Å². The molecule has 3 aromatic carbocycles. The number of nitrogens with zero attached hydrogens (tertiary/aromatic N) is 1. The Morgan fingerprint density at radius 2 is 1.90 bits per heavy atom. The van der Waals surface area contributed by atoms with Crippen LogP contribution in [-0.2, 0) is 16.2 Å². The summed E-state index contributed by atoms with van der Waals surface area (Å²) in [5.41, 5.74) is 1.10. The van der Waals surface area contributed by atoms with Gasteiger partial charge >= 0.3 is 12.0 Å². The Kier molecular flexibility index (Phi) is 6.94. The second-order valence-electron chi connectivity index (χ2n) is 8.32. The van der Waals surface area contributed by atoms with E-state index in [4.69, 9.17) is 18.9 Å². The van der Waals surface area contributed by atoms with Crippen LogP contribution in [0.15, 0.2) is 64.6 Å². The molecule has 2 aliphatic rings. The minimum absolute atomic E-state index is 0.0215. The Bertz CT molecular complexity index is 1570. The maximum absolute atomic E-state index is 13.3. The van der Waals surface area contributed by atoms with Gasteiger partial charge in [0.1, 0.15) is 12.2 Å². The summed E-state index contributed by atoms with van der Waals surface area (Å²) in [4.78, 5) is 50.5. The number of nitrogens with one attached hydrogen (secondary N) is 1. The highest BCUT2D eigenvalue weighted by atomic mass is 79.9. The third-order valence-electron chi connectivity index (χ3n) is 5.84. The molecule has 0 atom stereocenters. The van der Waals surface area contributed by atoms with Crippen molar-refractivity contribution in [3.63, 3.8) is 0 Å². The molecule has 4 amide bonds. The summed E-state index contributed by atoms with van der Waals surface area (Å²) < 4.78 is 22.4. The Labute approximate surface area is 229 Å². The molecule has 5 rings (SSSR count). The van der Waals surface area contributed by atoms with Gasteiger partial charge in [-0.05, 0) is 69.5 Å². The zero-order chi connectivity index (χ0) is 27.7. The number of rotatable bonds is 7. The highest BCUT2D eigenvalue weighted by Gasteiger charge is 2.37. The summed E-state index contributed by atoms with van der Waals surface area (Å²) in [6, 6.07) is 13.2. The smallest absolute Gasteiger partial charge is 0.335 e. The standard InChI is InChI=1S/C27H19BrN2O9/c1-36-22-10-15(9-19(28)23(22)37-12-14-3-2-4-16(7-14)26(33)34)8-18-24(31)29-27(35)30(25(18)32)17-5-6-20-21(11-17)39-13-38-20/h2-11H,12-13H2,1H3,(H,33,34)(H,29,31,35)/b18-8+. The molecule has 12 heteroatoms. The molecule has 11 nitrogen and oxygen atoms in total. The first-order valence-electron chi connectivity index (χ1n) is 11.4. The van der Waals surface area contributed by atoms with E-state index in [0.29, 0.717) is 32.8 Å². The number of carbonyl (C=O) groups is 4. The average molecular weight is 595 g/mol. The van der Waals surface area contributed by atoms with Crippen molar-refractivity contribution in [3.05, 3.63) is 81.3 Å². The summed E-state index contributed by atoms with van der Waals surface area (Å²) in [5, 5.41) is 11.4. The van der Waals surface area contributed by atoms with E-state index >= 15 is 0 Å². The summed E-state index contributed by atoms with van der Waals surface area (Å²) in [6.07, 6.45) is 1.33. The molecular formula is C27H19BrN2O9. The maximum Gasteiger partial charge on any atom is 0.335 e. The van der Waals surface area contributed by atoms with Crippen LogP contribution in [0.4, 0.5) is 10.5 Å². The van der Waals surface area contributed by atoms with Gasteiger partial charge in [-0.2, -0.15) is 0 Å². The average Bonchev–Trinajstić information content (AvgIpc) is 3.38. The molecule has 0 bridgehead atoms. The van der Waals surface area contributed by atoms with Crippen LogP contribution < -0.4 is 29.2 Å². The zero-order valence-corrected chi connectivity index (χ0v) is 21.8. The molecule has 198 valence electrons. The highest BCUT2D eigenvalue weighted by molar-refractivity contribution is 9.10. The minimum atomic E-state index is -1.05. The number of fused-ring (bicyclic) bond motifs is 1. The van der Waals surface area contributed by atoms with Crippen molar-refractivity contribution in [1.82, 2.24) is 5.32 Å². The quantitative estimate of drug-likeness (QED) is 0.305. The molecule has 3 aromatic rings. The van der Waals surface area contributed by atoms with Gasteiger partial charge in [-0.15, -0.1) is 0 Å². The molecule has 2 aliphatic heterocycles. The predicted octanol–water partition coefficient (Wildman–Crippen LogP) is 4.13. The van der Waals surface area contributed by atoms with Gasteiger partial charge < -0.3 is 24.1 Å². The molecule has 0 spiro atoms. The molecule has 0 radical (unpaired) electrons. The minimum Gasteiger partial charge on any atom is -0.493 e. The lowest BCUT2D eigenvalue weighted by Crippen LogP contribution is -2.54. The Hall–Kier alpha value is -4.84. The molecule has 0 saturated carbocycles. The van der Waals surface area contributed by atoms with Crippen molar-refractivity contribution in [3.8, 4) is 23.0 Å². The van der Waals surface area contributed by atoms with Gasteiger partial charge in [0.2, 0.25) is 6.79 Å². The Morgan fingerprint density at radius 1 is 1.10 bits per heavy atom. The molecule has 0 aliphatic carbocycles. The van der Waals surface area contributed by atoms with E-state index in [1.807, 2.05) is 0 Å². The van der Waals surface area contributed by atoms with Crippen LogP contribution in [0.3, 0.4) is 0 Å². The lowest BCUT2D eigenvalue weighted by Gasteiger charge is -2.26. The van der Waals surface area contributed by atoms with Crippen LogP contribution >= 0.6 is 15.9 Å². The molecular weight excluding hydrogens is 576 g/mol. The highest BCUT2D eigenvalue weighted by Crippen LogP contribution is 2.39. The van der Waals surface area contributed by atoms with Crippen LogP contribution in [0.1, 0.15) is 21.5 Å². The van der Waals surface area contributed by atoms with Crippen molar-refractivity contribution < 1.29 is 43.2 Å². The fourth-order valence-electron chi connectivity index (χ4n) is 4.00. The first kappa shape index (κ1) is 25.8. The molecule has 1 saturated heterocycles. The van der Waals surface area contributed by atoms with E-state index < -0.39 is 23.8 Å². The number of anilines is 1. The van der Waals surface area contributed by atoms with Crippen molar-refractivity contribution in [2.75, 3.05) is 18.8 Å². The van der Waals surface area contributed by atoms with E-state index in [1.54, 1.807) is 30.3 Å². The summed E-state index contributed by atoms with van der Waals surface area (Å²) >= 11 is 3.43. The molecule has 39 heavy (non-hydrogen) atoms. The van der Waals surface area contributed by atoms with E-state index in [-0.39, 0.29) is 36.0 Å². The molecule has 0 unspecified atom stereocenters. The Balaban J connectivity index is 1.42. The largest absolute Gasteiger partial charge is 0.493 e. The zero-order valence-electron chi connectivity index (χ0n) is 20.2. The topological polar surface area (TPSA) is 141 Å². The van der Waals surface area contributed by atoms with E-state index in [9.17, 15) is 24.3 Å². The van der Waals surface area contributed by atoms with Gasteiger partial charge in [0.05, 0.1) is 22.8 Å². The number of benzene rings is 3. The first-order valence-corrected chi connectivity index (χ1v) is 12.2. The van der Waals surface area contributed by atoms with Gasteiger partial charge in [0.25, 0.3) is 11.8 Å². The fourth-order valence-corrected chi connectivity index (χ4v) is 4.57.